The SMILES string of the molecule is COc1cccc(-c2cnc(NC3CNC3)nc2)c1. The van der Waals surface area contributed by atoms with Crippen LogP contribution in [0.15, 0.2) is 36.7 Å². The molecule has 3 rings (SSSR count). The van der Waals surface area contributed by atoms with E-state index >= 15 is 0 Å². The van der Waals surface area contributed by atoms with Crippen LogP contribution in [-0.2, 0) is 0 Å². The summed E-state index contributed by atoms with van der Waals surface area (Å²) in [6.45, 7) is 1.95. The zero-order valence-corrected chi connectivity index (χ0v) is 10.8. The first-order valence-corrected chi connectivity index (χ1v) is 6.29. The van der Waals surface area contributed by atoms with Gasteiger partial charge in [0.05, 0.1) is 13.2 Å². The first kappa shape index (κ1) is 11.9. The monoisotopic (exact) mass is 256 g/mol. The first-order chi connectivity index (χ1) is 9.35. The fraction of sp³-hybridized carbons (Fsp3) is 0.286. The van der Waals surface area contributed by atoms with Crippen molar-refractivity contribution < 1.29 is 4.74 Å². The molecule has 0 atom stereocenters. The average Bonchev–Trinajstić information content (AvgIpc) is 2.44. The van der Waals surface area contributed by atoms with E-state index < -0.39 is 0 Å². The largest absolute Gasteiger partial charge is 0.497 e. The third kappa shape index (κ3) is 2.66. The molecule has 98 valence electrons. The maximum absolute atomic E-state index is 5.21. The number of rotatable bonds is 4. The van der Waals surface area contributed by atoms with Crippen LogP contribution in [0.4, 0.5) is 5.95 Å². The molecule has 0 bridgehead atoms. The number of anilines is 1. The third-order valence-electron chi connectivity index (χ3n) is 3.17. The van der Waals surface area contributed by atoms with Gasteiger partial charge in [0.2, 0.25) is 5.95 Å². The molecule has 1 aliphatic heterocycles. The molecular formula is C14H16N4O. The molecule has 0 aliphatic carbocycles. The molecule has 19 heavy (non-hydrogen) atoms. The molecule has 5 nitrogen and oxygen atoms in total. The van der Waals surface area contributed by atoms with E-state index in [2.05, 4.69) is 20.6 Å². The van der Waals surface area contributed by atoms with Gasteiger partial charge in [-0.15, -0.1) is 0 Å². The lowest BCUT2D eigenvalue weighted by Crippen LogP contribution is -2.51. The molecule has 1 fully saturated rings. The standard InChI is InChI=1S/C14H16N4O/c1-19-13-4-2-3-10(5-13)11-6-16-14(17-7-11)18-12-8-15-9-12/h2-7,12,15H,8-9H2,1H3,(H,16,17,18). The second kappa shape index (κ2) is 5.24. The lowest BCUT2D eigenvalue weighted by Gasteiger charge is -2.27. The van der Waals surface area contributed by atoms with Gasteiger partial charge in [0, 0.05) is 31.0 Å². The van der Waals surface area contributed by atoms with Crippen molar-refractivity contribution in [3.8, 4) is 16.9 Å². The molecule has 5 heteroatoms. The Morgan fingerprint density at radius 2 is 2.00 bits per heavy atom. The minimum Gasteiger partial charge on any atom is -0.497 e. The number of hydrogen-bond acceptors (Lipinski definition) is 5. The van der Waals surface area contributed by atoms with Crippen LogP contribution < -0.4 is 15.4 Å². The Balaban J connectivity index is 1.76. The second-order valence-electron chi connectivity index (χ2n) is 4.53. The fourth-order valence-electron chi connectivity index (χ4n) is 1.93. The van der Waals surface area contributed by atoms with Crippen LogP contribution in [-0.4, -0.2) is 36.2 Å². The van der Waals surface area contributed by atoms with Crippen molar-refractivity contribution in [3.63, 3.8) is 0 Å². The highest BCUT2D eigenvalue weighted by Crippen LogP contribution is 2.22. The van der Waals surface area contributed by atoms with E-state index in [4.69, 9.17) is 4.74 Å². The molecule has 0 saturated carbocycles. The van der Waals surface area contributed by atoms with Gasteiger partial charge in [-0.25, -0.2) is 9.97 Å². The summed E-state index contributed by atoms with van der Waals surface area (Å²) in [7, 11) is 1.66. The quantitative estimate of drug-likeness (QED) is 0.869. The van der Waals surface area contributed by atoms with E-state index in [1.165, 1.54) is 0 Å². The number of ether oxygens (including phenoxy) is 1. The molecule has 1 aliphatic rings. The third-order valence-corrected chi connectivity index (χ3v) is 3.17. The van der Waals surface area contributed by atoms with Crippen LogP contribution in [0.5, 0.6) is 5.75 Å². The van der Waals surface area contributed by atoms with Gasteiger partial charge in [-0.2, -0.15) is 0 Å². The van der Waals surface area contributed by atoms with Crippen molar-refractivity contribution in [2.45, 2.75) is 6.04 Å². The lowest BCUT2D eigenvalue weighted by molar-refractivity contribution is 0.415. The smallest absolute Gasteiger partial charge is 0.222 e. The number of aromatic nitrogens is 2. The Morgan fingerprint density at radius 1 is 1.21 bits per heavy atom. The van der Waals surface area contributed by atoms with E-state index in [-0.39, 0.29) is 0 Å². The Kier molecular flexibility index (Phi) is 3.29. The molecule has 1 aromatic carbocycles. The van der Waals surface area contributed by atoms with Gasteiger partial charge in [-0.05, 0) is 17.7 Å². The summed E-state index contributed by atoms with van der Waals surface area (Å²) in [6.07, 6.45) is 3.66. The minimum atomic E-state index is 0.447. The summed E-state index contributed by atoms with van der Waals surface area (Å²) < 4.78 is 5.21. The summed E-state index contributed by atoms with van der Waals surface area (Å²) in [4.78, 5) is 8.68. The van der Waals surface area contributed by atoms with Crippen molar-refractivity contribution in [2.24, 2.45) is 0 Å². The molecule has 0 spiro atoms. The zero-order valence-electron chi connectivity index (χ0n) is 10.8. The molecule has 1 saturated heterocycles. The molecule has 0 radical (unpaired) electrons. The fourth-order valence-corrected chi connectivity index (χ4v) is 1.93. The van der Waals surface area contributed by atoms with Crippen LogP contribution in [0, 0.1) is 0 Å². The summed E-state index contributed by atoms with van der Waals surface area (Å²) in [5, 5.41) is 6.47. The van der Waals surface area contributed by atoms with E-state index in [1.807, 2.05) is 36.7 Å². The molecular weight excluding hydrogens is 240 g/mol. The lowest BCUT2D eigenvalue weighted by atomic mass is 10.1. The zero-order chi connectivity index (χ0) is 13.1. The minimum absolute atomic E-state index is 0.447. The normalized spacial score (nSPS) is 14.8. The Bertz CT molecular complexity index is 552. The van der Waals surface area contributed by atoms with Crippen molar-refractivity contribution in [1.29, 1.82) is 0 Å². The maximum atomic E-state index is 5.21. The maximum Gasteiger partial charge on any atom is 0.222 e. The van der Waals surface area contributed by atoms with E-state index in [0.29, 0.717) is 12.0 Å². The highest BCUT2D eigenvalue weighted by atomic mass is 16.5. The second-order valence-corrected chi connectivity index (χ2v) is 4.53. The van der Waals surface area contributed by atoms with Gasteiger partial charge in [0.1, 0.15) is 5.75 Å². The topological polar surface area (TPSA) is 59.1 Å². The molecule has 2 aromatic rings. The summed E-state index contributed by atoms with van der Waals surface area (Å²) in [5.41, 5.74) is 2.03. The van der Waals surface area contributed by atoms with Crippen LogP contribution in [0.2, 0.25) is 0 Å². The summed E-state index contributed by atoms with van der Waals surface area (Å²) in [5.74, 6) is 1.51. The molecule has 2 N–H and O–H groups in total. The van der Waals surface area contributed by atoms with Gasteiger partial charge in [-0.1, -0.05) is 12.1 Å². The van der Waals surface area contributed by atoms with E-state index in [1.54, 1.807) is 7.11 Å². The highest BCUT2D eigenvalue weighted by Gasteiger charge is 2.16. The van der Waals surface area contributed by atoms with Gasteiger partial charge in [0.15, 0.2) is 0 Å². The average molecular weight is 256 g/mol. The molecule has 0 amide bonds. The van der Waals surface area contributed by atoms with Gasteiger partial charge in [0.25, 0.3) is 0 Å². The van der Waals surface area contributed by atoms with Crippen molar-refractivity contribution in [3.05, 3.63) is 36.7 Å². The molecule has 0 unspecified atom stereocenters. The molecule has 1 aromatic heterocycles. The van der Waals surface area contributed by atoms with Gasteiger partial charge < -0.3 is 15.4 Å². The van der Waals surface area contributed by atoms with Gasteiger partial charge in [-0.3, -0.25) is 0 Å². The van der Waals surface area contributed by atoms with Crippen LogP contribution in [0.25, 0.3) is 11.1 Å². The molecule has 2 heterocycles. The number of methoxy groups -OCH3 is 1. The Hall–Kier alpha value is -2.14. The number of hydrogen-bond donors (Lipinski definition) is 2. The Morgan fingerprint density at radius 3 is 2.63 bits per heavy atom. The van der Waals surface area contributed by atoms with Crippen molar-refractivity contribution >= 4 is 5.95 Å². The van der Waals surface area contributed by atoms with E-state index in [0.717, 1.165) is 30.0 Å². The summed E-state index contributed by atoms with van der Waals surface area (Å²) >= 11 is 0. The Labute approximate surface area is 112 Å². The number of benzene rings is 1. The van der Waals surface area contributed by atoms with E-state index in [9.17, 15) is 0 Å². The number of nitrogens with one attached hydrogen (secondary N) is 2. The van der Waals surface area contributed by atoms with Crippen molar-refractivity contribution in [1.82, 2.24) is 15.3 Å². The van der Waals surface area contributed by atoms with Crippen LogP contribution >= 0.6 is 0 Å². The van der Waals surface area contributed by atoms with Crippen molar-refractivity contribution in [2.75, 3.05) is 25.5 Å². The summed E-state index contributed by atoms with van der Waals surface area (Å²) in [6, 6.07) is 8.32. The predicted octanol–water partition coefficient (Wildman–Crippen LogP) is 1.54. The first-order valence-electron chi connectivity index (χ1n) is 6.29. The van der Waals surface area contributed by atoms with Gasteiger partial charge >= 0.3 is 0 Å². The predicted molar refractivity (Wildman–Crippen MR) is 74.3 cm³/mol. The number of nitrogens with zero attached hydrogens (tertiary/aromatic N) is 2. The highest BCUT2D eigenvalue weighted by molar-refractivity contribution is 5.63. The van der Waals surface area contributed by atoms with Crippen LogP contribution in [0.3, 0.4) is 0 Å². The van der Waals surface area contributed by atoms with Crippen LogP contribution in [0.1, 0.15) is 0 Å².